The van der Waals surface area contributed by atoms with Crippen molar-refractivity contribution in [2.75, 3.05) is 0 Å². The van der Waals surface area contributed by atoms with Gasteiger partial charge in [0.1, 0.15) is 6.33 Å². The molecule has 0 radical (unpaired) electrons. The average molecular weight is 206 g/mol. The SMILES string of the molecule is Cc1ncoc1-c1nncn1CC(C)C. The van der Waals surface area contributed by atoms with E-state index in [1.165, 1.54) is 6.39 Å². The molecule has 0 N–H and O–H groups in total. The number of nitrogens with zero attached hydrogens (tertiary/aromatic N) is 4. The van der Waals surface area contributed by atoms with Crippen LogP contribution in [0.1, 0.15) is 19.5 Å². The Bertz CT molecular complexity index is 444. The van der Waals surface area contributed by atoms with Crippen LogP contribution in [0.4, 0.5) is 0 Å². The molecule has 5 nitrogen and oxygen atoms in total. The molecule has 0 aliphatic rings. The van der Waals surface area contributed by atoms with Gasteiger partial charge >= 0.3 is 0 Å². The third-order valence-corrected chi connectivity index (χ3v) is 2.13. The summed E-state index contributed by atoms with van der Waals surface area (Å²) in [5.41, 5.74) is 0.841. The topological polar surface area (TPSA) is 56.7 Å². The molecule has 0 bridgehead atoms. The van der Waals surface area contributed by atoms with E-state index in [2.05, 4.69) is 29.0 Å². The van der Waals surface area contributed by atoms with Gasteiger partial charge in [-0.3, -0.25) is 0 Å². The van der Waals surface area contributed by atoms with Crippen LogP contribution in [-0.4, -0.2) is 19.7 Å². The van der Waals surface area contributed by atoms with Crippen LogP contribution >= 0.6 is 0 Å². The largest absolute Gasteiger partial charge is 0.440 e. The summed E-state index contributed by atoms with van der Waals surface area (Å²) in [6.45, 7) is 7.07. The summed E-state index contributed by atoms with van der Waals surface area (Å²) < 4.78 is 7.28. The first kappa shape index (κ1) is 9.89. The Kier molecular flexibility index (Phi) is 2.53. The van der Waals surface area contributed by atoms with Crippen LogP contribution < -0.4 is 0 Å². The summed E-state index contributed by atoms with van der Waals surface area (Å²) in [7, 11) is 0. The summed E-state index contributed by atoms with van der Waals surface area (Å²) in [4.78, 5) is 4.05. The van der Waals surface area contributed by atoms with Crippen molar-refractivity contribution in [2.24, 2.45) is 5.92 Å². The fourth-order valence-corrected chi connectivity index (χ4v) is 1.47. The van der Waals surface area contributed by atoms with Crippen molar-refractivity contribution in [2.45, 2.75) is 27.3 Å². The lowest BCUT2D eigenvalue weighted by Crippen LogP contribution is -2.05. The van der Waals surface area contributed by atoms with Crippen molar-refractivity contribution in [3.8, 4) is 11.6 Å². The van der Waals surface area contributed by atoms with Crippen LogP contribution in [0.3, 0.4) is 0 Å². The second-order valence-corrected chi connectivity index (χ2v) is 3.97. The molecule has 0 aliphatic carbocycles. The molecule has 0 saturated carbocycles. The summed E-state index contributed by atoms with van der Waals surface area (Å²) >= 11 is 0. The van der Waals surface area contributed by atoms with Gasteiger partial charge in [-0.1, -0.05) is 13.8 Å². The van der Waals surface area contributed by atoms with Gasteiger partial charge in [-0.05, 0) is 12.8 Å². The molecule has 0 unspecified atom stereocenters. The van der Waals surface area contributed by atoms with Crippen molar-refractivity contribution < 1.29 is 4.42 Å². The Labute approximate surface area is 88.2 Å². The van der Waals surface area contributed by atoms with E-state index in [0.29, 0.717) is 11.7 Å². The van der Waals surface area contributed by atoms with Gasteiger partial charge < -0.3 is 8.98 Å². The predicted octanol–water partition coefficient (Wildman–Crippen LogP) is 1.90. The molecule has 0 aliphatic heterocycles. The number of hydrogen-bond donors (Lipinski definition) is 0. The predicted molar refractivity (Wildman–Crippen MR) is 55.1 cm³/mol. The van der Waals surface area contributed by atoms with E-state index < -0.39 is 0 Å². The lowest BCUT2D eigenvalue weighted by Gasteiger charge is -2.07. The molecule has 0 atom stereocenters. The highest BCUT2D eigenvalue weighted by Crippen LogP contribution is 2.20. The minimum absolute atomic E-state index is 0.544. The second-order valence-electron chi connectivity index (χ2n) is 3.97. The maximum absolute atomic E-state index is 5.30. The van der Waals surface area contributed by atoms with Crippen LogP contribution in [-0.2, 0) is 6.54 Å². The van der Waals surface area contributed by atoms with Crippen LogP contribution in [0.5, 0.6) is 0 Å². The third kappa shape index (κ3) is 1.91. The average Bonchev–Trinajstić information content (AvgIpc) is 2.73. The van der Waals surface area contributed by atoms with Gasteiger partial charge in [0.05, 0.1) is 5.69 Å². The highest BCUT2D eigenvalue weighted by molar-refractivity contribution is 5.49. The molecule has 0 amide bonds. The van der Waals surface area contributed by atoms with E-state index >= 15 is 0 Å². The molecular weight excluding hydrogens is 192 g/mol. The fraction of sp³-hybridized carbons (Fsp3) is 0.500. The zero-order valence-corrected chi connectivity index (χ0v) is 9.14. The minimum Gasteiger partial charge on any atom is -0.440 e. The van der Waals surface area contributed by atoms with Gasteiger partial charge in [-0.25, -0.2) is 4.98 Å². The maximum atomic E-state index is 5.30. The molecule has 0 spiro atoms. The van der Waals surface area contributed by atoms with Gasteiger partial charge in [0.25, 0.3) is 0 Å². The number of aryl methyl sites for hydroxylation is 1. The Morgan fingerprint density at radius 2 is 2.27 bits per heavy atom. The monoisotopic (exact) mass is 206 g/mol. The smallest absolute Gasteiger partial charge is 0.201 e. The molecule has 0 aromatic carbocycles. The van der Waals surface area contributed by atoms with Gasteiger partial charge in [0, 0.05) is 6.54 Å². The third-order valence-electron chi connectivity index (χ3n) is 2.13. The molecule has 15 heavy (non-hydrogen) atoms. The quantitative estimate of drug-likeness (QED) is 0.769. The van der Waals surface area contributed by atoms with Gasteiger partial charge in [0.2, 0.25) is 5.82 Å². The zero-order chi connectivity index (χ0) is 10.8. The van der Waals surface area contributed by atoms with E-state index in [1.54, 1.807) is 6.33 Å². The number of aromatic nitrogens is 4. The van der Waals surface area contributed by atoms with Crippen molar-refractivity contribution in [1.82, 2.24) is 19.7 Å². The first-order chi connectivity index (χ1) is 7.18. The Balaban J connectivity index is 2.37. The van der Waals surface area contributed by atoms with Crippen molar-refractivity contribution >= 4 is 0 Å². The first-order valence-corrected chi connectivity index (χ1v) is 4.96. The van der Waals surface area contributed by atoms with E-state index in [0.717, 1.165) is 18.1 Å². The van der Waals surface area contributed by atoms with E-state index in [1.807, 2.05) is 11.5 Å². The van der Waals surface area contributed by atoms with Crippen molar-refractivity contribution in [1.29, 1.82) is 0 Å². The standard InChI is InChI=1S/C10H14N4O/c1-7(2)4-14-5-12-13-10(14)9-8(3)11-6-15-9/h5-7H,4H2,1-3H3. The van der Waals surface area contributed by atoms with Crippen LogP contribution in [0.2, 0.25) is 0 Å². The molecular formula is C10H14N4O. The number of hydrogen-bond acceptors (Lipinski definition) is 4. The molecule has 2 rings (SSSR count). The normalized spacial score (nSPS) is 11.2. The summed E-state index contributed by atoms with van der Waals surface area (Å²) in [6.07, 6.45) is 3.15. The summed E-state index contributed by atoms with van der Waals surface area (Å²) in [6, 6.07) is 0. The summed E-state index contributed by atoms with van der Waals surface area (Å²) in [5.74, 6) is 2.00. The minimum atomic E-state index is 0.544. The second kappa shape index (κ2) is 3.84. The number of rotatable bonds is 3. The van der Waals surface area contributed by atoms with Crippen LogP contribution in [0, 0.1) is 12.8 Å². The first-order valence-electron chi connectivity index (χ1n) is 4.96. The van der Waals surface area contributed by atoms with E-state index in [-0.39, 0.29) is 0 Å². The van der Waals surface area contributed by atoms with E-state index in [4.69, 9.17) is 4.42 Å². The highest BCUT2D eigenvalue weighted by Gasteiger charge is 2.14. The zero-order valence-electron chi connectivity index (χ0n) is 9.14. The van der Waals surface area contributed by atoms with Gasteiger partial charge in [-0.2, -0.15) is 0 Å². The van der Waals surface area contributed by atoms with Crippen LogP contribution in [0.15, 0.2) is 17.1 Å². The fourth-order valence-electron chi connectivity index (χ4n) is 1.47. The van der Waals surface area contributed by atoms with Gasteiger partial charge in [-0.15, -0.1) is 10.2 Å². The molecule has 5 heteroatoms. The van der Waals surface area contributed by atoms with Crippen molar-refractivity contribution in [3.63, 3.8) is 0 Å². The summed E-state index contributed by atoms with van der Waals surface area (Å²) in [5, 5.41) is 7.95. The van der Waals surface area contributed by atoms with E-state index in [9.17, 15) is 0 Å². The molecule has 0 fully saturated rings. The highest BCUT2D eigenvalue weighted by atomic mass is 16.3. The molecule has 2 heterocycles. The van der Waals surface area contributed by atoms with Crippen molar-refractivity contribution in [3.05, 3.63) is 18.4 Å². The Morgan fingerprint density at radius 1 is 1.47 bits per heavy atom. The molecule has 2 aromatic rings. The lowest BCUT2D eigenvalue weighted by atomic mass is 10.2. The van der Waals surface area contributed by atoms with Gasteiger partial charge in [0.15, 0.2) is 12.2 Å². The Hall–Kier alpha value is -1.65. The lowest BCUT2D eigenvalue weighted by molar-refractivity contribution is 0.511. The molecule has 80 valence electrons. The molecule has 0 saturated heterocycles. The number of oxazole rings is 1. The Morgan fingerprint density at radius 3 is 2.87 bits per heavy atom. The van der Waals surface area contributed by atoms with Crippen LogP contribution in [0.25, 0.3) is 11.6 Å². The maximum Gasteiger partial charge on any atom is 0.201 e. The molecule has 2 aromatic heterocycles.